The van der Waals surface area contributed by atoms with E-state index >= 15 is 0 Å². The number of piperazine rings is 1. The highest BCUT2D eigenvalue weighted by molar-refractivity contribution is 7.90. The van der Waals surface area contributed by atoms with E-state index in [0.29, 0.717) is 45.2 Å². The lowest BCUT2D eigenvalue weighted by atomic mass is 10.2. The summed E-state index contributed by atoms with van der Waals surface area (Å²) in [6.45, 7) is 6.06. The number of rotatable bonds is 8. The fourth-order valence-corrected chi connectivity index (χ4v) is 2.90. The first-order valence-corrected chi connectivity index (χ1v) is 10.7. The molecule has 1 saturated heterocycles. The van der Waals surface area contributed by atoms with Crippen molar-refractivity contribution < 1.29 is 26.3 Å². The second-order valence-electron chi connectivity index (χ2n) is 6.22. The van der Waals surface area contributed by atoms with Crippen LogP contribution in [0.5, 0.6) is 0 Å². The van der Waals surface area contributed by atoms with Crippen molar-refractivity contribution in [3.05, 3.63) is 0 Å². The van der Waals surface area contributed by atoms with Crippen molar-refractivity contribution in [3.8, 4) is 0 Å². The molecule has 0 amide bonds. The molecule has 11 heteroatoms. The van der Waals surface area contributed by atoms with Gasteiger partial charge in [-0.15, -0.1) is 0 Å². The molecule has 0 spiro atoms. The molecule has 1 heterocycles. The number of nitrogens with zero attached hydrogens (tertiary/aromatic N) is 3. The number of sulfone groups is 1. The number of hydrogen-bond donors (Lipinski definition) is 1. The second-order valence-corrected chi connectivity index (χ2v) is 8.48. The van der Waals surface area contributed by atoms with Crippen LogP contribution in [0.2, 0.25) is 0 Å². The monoisotopic (exact) mass is 402 g/mol. The topological polar surface area (TPSA) is 74.2 Å². The fraction of sp³-hybridized carbons (Fsp3) is 0.933. The second kappa shape index (κ2) is 10.3. The molecule has 0 radical (unpaired) electrons. The van der Waals surface area contributed by atoms with Crippen LogP contribution in [0.15, 0.2) is 4.99 Å². The number of aliphatic imine (C=N–C) groups is 1. The van der Waals surface area contributed by atoms with Crippen molar-refractivity contribution in [2.24, 2.45) is 4.99 Å². The summed E-state index contributed by atoms with van der Waals surface area (Å²) in [5.41, 5.74) is 0. The highest BCUT2D eigenvalue weighted by Gasteiger charge is 2.41. The van der Waals surface area contributed by atoms with Gasteiger partial charge < -0.3 is 15.0 Å². The van der Waals surface area contributed by atoms with E-state index in [1.165, 1.54) is 11.8 Å². The van der Waals surface area contributed by atoms with Gasteiger partial charge in [0.2, 0.25) is 0 Å². The van der Waals surface area contributed by atoms with Crippen LogP contribution < -0.4 is 5.32 Å². The van der Waals surface area contributed by atoms with Crippen LogP contribution in [0.25, 0.3) is 0 Å². The molecule has 1 rings (SSSR count). The zero-order valence-corrected chi connectivity index (χ0v) is 16.4. The minimum absolute atomic E-state index is 0.0316. The third kappa shape index (κ3) is 8.54. The summed E-state index contributed by atoms with van der Waals surface area (Å²) in [5, 5.41) is 3.13. The quantitative estimate of drug-likeness (QED) is 0.364. The van der Waals surface area contributed by atoms with Crippen molar-refractivity contribution >= 4 is 15.8 Å². The molecule has 0 saturated carbocycles. The summed E-state index contributed by atoms with van der Waals surface area (Å²) in [7, 11) is -3.04. The maximum absolute atomic E-state index is 12.8. The SMILES string of the molecule is CCNC(=NCCOCCS(C)(=O)=O)N1CCN(C(C)C(F)(F)F)CC1. The van der Waals surface area contributed by atoms with Crippen molar-refractivity contribution in [3.63, 3.8) is 0 Å². The molecule has 1 aliphatic heterocycles. The number of nitrogens with one attached hydrogen (secondary N) is 1. The number of hydrogen-bond acceptors (Lipinski definition) is 5. The lowest BCUT2D eigenvalue weighted by molar-refractivity contribution is -0.181. The summed E-state index contributed by atoms with van der Waals surface area (Å²) in [5.74, 6) is 0.606. The highest BCUT2D eigenvalue weighted by Crippen LogP contribution is 2.25. The molecule has 0 bridgehead atoms. The Morgan fingerprint density at radius 2 is 1.85 bits per heavy atom. The molecule has 154 valence electrons. The molecular formula is C15H29F3N4O3S. The van der Waals surface area contributed by atoms with E-state index in [4.69, 9.17) is 4.74 Å². The highest BCUT2D eigenvalue weighted by atomic mass is 32.2. The Bertz CT molecular complexity index is 547. The van der Waals surface area contributed by atoms with Crippen LogP contribution >= 0.6 is 0 Å². The Morgan fingerprint density at radius 1 is 1.23 bits per heavy atom. The number of guanidine groups is 1. The normalized spacial score (nSPS) is 18.8. The molecule has 0 aromatic heterocycles. The Labute approximate surface area is 153 Å². The van der Waals surface area contributed by atoms with Crippen molar-refractivity contribution in [2.75, 3.05) is 64.5 Å². The average molecular weight is 402 g/mol. The lowest BCUT2D eigenvalue weighted by Gasteiger charge is -2.39. The van der Waals surface area contributed by atoms with Crippen LogP contribution in [-0.4, -0.2) is 101 Å². The predicted molar refractivity (Wildman–Crippen MR) is 95.2 cm³/mol. The van der Waals surface area contributed by atoms with E-state index in [2.05, 4.69) is 10.3 Å². The molecule has 0 aliphatic carbocycles. The minimum Gasteiger partial charge on any atom is -0.378 e. The van der Waals surface area contributed by atoms with Crippen LogP contribution in [0, 0.1) is 0 Å². The molecule has 26 heavy (non-hydrogen) atoms. The van der Waals surface area contributed by atoms with Gasteiger partial charge in [0.15, 0.2) is 5.96 Å². The summed E-state index contributed by atoms with van der Waals surface area (Å²) < 4.78 is 65.7. The molecule has 1 unspecified atom stereocenters. The Kier molecular flexibility index (Phi) is 9.11. The fourth-order valence-electron chi connectivity index (χ4n) is 2.48. The van der Waals surface area contributed by atoms with Gasteiger partial charge in [-0.2, -0.15) is 13.2 Å². The Balaban J connectivity index is 2.45. The van der Waals surface area contributed by atoms with Gasteiger partial charge in [0.05, 0.1) is 25.5 Å². The molecule has 0 aromatic rings. The van der Waals surface area contributed by atoms with E-state index in [-0.39, 0.29) is 19.0 Å². The first-order chi connectivity index (χ1) is 12.0. The molecule has 7 nitrogen and oxygen atoms in total. The van der Waals surface area contributed by atoms with Crippen molar-refractivity contribution in [2.45, 2.75) is 26.1 Å². The van der Waals surface area contributed by atoms with E-state index < -0.39 is 22.1 Å². The van der Waals surface area contributed by atoms with Gasteiger partial charge in [-0.1, -0.05) is 0 Å². The van der Waals surface area contributed by atoms with Gasteiger partial charge in [0.1, 0.15) is 15.9 Å². The largest absolute Gasteiger partial charge is 0.403 e. The lowest BCUT2D eigenvalue weighted by Crippen LogP contribution is -2.56. The minimum atomic E-state index is -4.22. The standard InChI is InChI=1S/C15H29F3N4O3S/c1-4-19-14(20-5-10-25-11-12-26(3,23)24)22-8-6-21(7-9-22)13(2)15(16,17)18/h13H,4-12H2,1-3H3,(H,19,20). The Hall–Kier alpha value is -1.07. The molecule has 1 N–H and O–H groups in total. The predicted octanol–water partition coefficient (Wildman–Crippen LogP) is 0.582. The van der Waals surface area contributed by atoms with Gasteiger partial charge in [-0.3, -0.25) is 9.89 Å². The summed E-state index contributed by atoms with van der Waals surface area (Å²) in [4.78, 5) is 7.76. The third-order valence-corrected chi connectivity index (χ3v) is 4.97. The molecule has 1 fully saturated rings. The van der Waals surface area contributed by atoms with Gasteiger partial charge in [0, 0.05) is 39.0 Å². The van der Waals surface area contributed by atoms with E-state index in [1.807, 2.05) is 11.8 Å². The smallest absolute Gasteiger partial charge is 0.378 e. The average Bonchev–Trinajstić information content (AvgIpc) is 2.54. The zero-order valence-electron chi connectivity index (χ0n) is 15.5. The first kappa shape index (κ1) is 23.0. The van der Waals surface area contributed by atoms with Crippen LogP contribution in [-0.2, 0) is 14.6 Å². The molecule has 1 aliphatic rings. The van der Waals surface area contributed by atoms with Crippen molar-refractivity contribution in [1.29, 1.82) is 0 Å². The molecule has 1 atom stereocenters. The van der Waals surface area contributed by atoms with Gasteiger partial charge in [0.25, 0.3) is 0 Å². The number of alkyl halides is 3. The zero-order chi connectivity index (χ0) is 19.8. The van der Waals surface area contributed by atoms with Crippen LogP contribution in [0.3, 0.4) is 0 Å². The summed E-state index contributed by atoms with van der Waals surface area (Å²) in [6, 6.07) is -1.45. The summed E-state index contributed by atoms with van der Waals surface area (Å²) in [6.07, 6.45) is -3.07. The molecule has 0 aromatic carbocycles. The molecular weight excluding hydrogens is 373 g/mol. The van der Waals surface area contributed by atoms with E-state index in [1.54, 1.807) is 0 Å². The maximum atomic E-state index is 12.8. The Morgan fingerprint density at radius 3 is 2.35 bits per heavy atom. The maximum Gasteiger partial charge on any atom is 0.403 e. The van der Waals surface area contributed by atoms with Crippen LogP contribution in [0.4, 0.5) is 13.2 Å². The van der Waals surface area contributed by atoms with Crippen molar-refractivity contribution in [1.82, 2.24) is 15.1 Å². The van der Waals surface area contributed by atoms with Gasteiger partial charge >= 0.3 is 6.18 Å². The number of ether oxygens (including phenoxy) is 1. The van der Waals surface area contributed by atoms with E-state index in [0.717, 1.165) is 6.26 Å². The van der Waals surface area contributed by atoms with Gasteiger partial charge in [-0.05, 0) is 13.8 Å². The summed E-state index contributed by atoms with van der Waals surface area (Å²) >= 11 is 0. The van der Waals surface area contributed by atoms with Crippen LogP contribution in [0.1, 0.15) is 13.8 Å². The third-order valence-electron chi connectivity index (χ3n) is 4.07. The first-order valence-electron chi connectivity index (χ1n) is 8.64. The van der Waals surface area contributed by atoms with Gasteiger partial charge in [-0.25, -0.2) is 8.42 Å². The van der Waals surface area contributed by atoms with E-state index in [9.17, 15) is 21.6 Å². The number of halogens is 3.